The van der Waals surface area contributed by atoms with Crippen molar-refractivity contribution in [2.24, 2.45) is 0 Å². The van der Waals surface area contributed by atoms with E-state index in [4.69, 9.17) is 0 Å². The van der Waals surface area contributed by atoms with Crippen molar-refractivity contribution in [2.75, 3.05) is 7.05 Å². The molecule has 0 aliphatic carbocycles. The van der Waals surface area contributed by atoms with Gasteiger partial charge in [0.2, 0.25) is 10.0 Å². The molecule has 1 rings (SSSR count). The summed E-state index contributed by atoms with van der Waals surface area (Å²) in [6.45, 7) is 5.80. The fraction of sp³-hybridized carbons (Fsp3) is 0.538. The van der Waals surface area contributed by atoms with Crippen molar-refractivity contribution in [1.82, 2.24) is 10.0 Å². The van der Waals surface area contributed by atoms with Gasteiger partial charge in [0.15, 0.2) is 0 Å². The van der Waals surface area contributed by atoms with Crippen molar-refractivity contribution in [2.45, 2.75) is 44.2 Å². The zero-order valence-corrected chi connectivity index (χ0v) is 12.2. The maximum absolute atomic E-state index is 12.1. The molecule has 0 aliphatic heterocycles. The van der Waals surface area contributed by atoms with Crippen LogP contribution in [0.2, 0.25) is 0 Å². The third kappa shape index (κ3) is 3.80. The summed E-state index contributed by atoms with van der Waals surface area (Å²) in [7, 11) is -1.56. The first-order valence-corrected chi connectivity index (χ1v) is 7.68. The quantitative estimate of drug-likeness (QED) is 0.831. The maximum atomic E-state index is 12.1. The van der Waals surface area contributed by atoms with Crippen LogP contribution >= 0.6 is 0 Å². The van der Waals surface area contributed by atoms with E-state index in [1.807, 2.05) is 33.9 Å². The fourth-order valence-corrected chi connectivity index (χ4v) is 2.92. The molecule has 18 heavy (non-hydrogen) atoms. The molecule has 0 aliphatic rings. The molecule has 2 N–H and O–H groups in total. The molecule has 1 aromatic carbocycles. The van der Waals surface area contributed by atoms with Gasteiger partial charge in [-0.2, -0.15) is 0 Å². The Morgan fingerprint density at radius 3 is 2.50 bits per heavy atom. The van der Waals surface area contributed by atoms with Crippen molar-refractivity contribution in [1.29, 1.82) is 0 Å². The second-order valence-corrected chi connectivity index (χ2v) is 6.23. The number of sulfonamides is 1. The van der Waals surface area contributed by atoms with E-state index in [1.165, 1.54) is 0 Å². The molecule has 0 amide bonds. The molecule has 5 heteroatoms. The first kappa shape index (κ1) is 15.1. The topological polar surface area (TPSA) is 58.2 Å². The number of hydrogen-bond donors (Lipinski definition) is 2. The summed E-state index contributed by atoms with van der Waals surface area (Å²) in [5.74, 6) is 0. The van der Waals surface area contributed by atoms with Gasteiger partial charge in [-0.1, -0.05) is 19.1 Å². The molecule has 2 unspecified atom stereocenters. The van der Waals surface area contributed by atoms with E-state index in [0.29, 0.717) is 4.90 Å². The molecule has 2 atom stereocenters. The summed E-state index contributed by atoms with van der Waals surface area (Å²) >= 11 is 0. The summed E-state index contributed by atoms with van der Waals surface area (Å²) in [5.41, 5.74) is 0.963. The van der Waals surface area contributed by atoms with Crippen LogP contribution in [-0.2, 0) is 10.0 Å². The first-order valence-electron chi connectivity index (χ1n) is 6.20. The lowest BCUT2D eigenvalue weighted by molar-refractivity contribution is 0.555. The minimum absolute atomic E-state index is 0.0552. The van der Waals surface area contributed by atoms with Crippen molar-refractivity contribution in [3.63, 3.8) is 0 Å². The van der Waals surface area contributed by atoms with E-state index in [0.717, 1.165) is 12.0 Å². The average Bonchev–Trinajstić information content (AvgIpc) is 2.37. The SMILES string of the molecule is CCC(C)NS(=O)(=O)c1cccc(C(C)NC)c1. The Kier molecular flexibility index (Phi) is 5.31. The third-order valence-electron chi connectivity index (χ3n) is 3.07. The van der Waals surface area contributed by atoms with Crippen molar-refractivity contribution in [3.8, 4) is 0 Å². The smallest absolute Gasteiger partial charge is 0.240 e. The van der Waals surface area contributed by atoms with Crippen LogP contribution in [0.25, 0.3) is 0 Å². The van der Waals surface area contributed by atoms with Gasteiger partial charge >= 0.3 is 0 Å². The van der Waals surface area contributed by atoms with Gasteiger partial charge in [-0.05, 0) is 45.0 Å². The van der Waals surface area contributed by atoms with Crippen LogP contribution in [0.1, 0.15) is 38.8 Å². The molecule has 0 heterocycles. The van der Waals surface area contributed by atoms with E-state index in [2.05, 4.69) is 10.0 Å². The zero-order chi connectivity index (χ0) is 13.8. The lowest BCUT2D eigenvalue weighted by Gasteiger charge is -2.15. The van der Waals surface area contributed by atoms with Gasteiger partial charge in [-0.15, -0.1) is 0 Å². The average molecular weight is 270 g/mol. The van der Waals surface area contributed by atoms with Gasteiger partial charge < -0.3 is 5.32 Å². The number of nitrogens with one attached hydrogen (secondary N) is 2. The van der Waals surface area contributed by atoms with Crippen LogP contribution < -0.4 is 10.0 Å². The molecule has 0 radical (unpaired) electrons. The maximum Gasteiger partial charge on any atom is 0.240 e. The molecular formula is C13H22N2O2S. The van der Waals surface area contributed by atoms with Crippen LogP contribution in [0, 0.1) is 0 Å². The van der Waals surface area contributed by atoms with Gasteiger partial charge in [0.05, 0.1) is 4.90 Å². The molecule has 0 aromatic heterocycles. The van der Waals surface area contributed by atoms with Gasteiger partial charge in [0, 0.05) is 12.1 Å². The first-order chi connectivity index (χ1) is 8.40. The minimum atomic E-state index is -3.41. The lowest BCUT2D eigenvalue weighted by Crippen LogP contribution is -2.32. The summed E-state index contributed by atoms with van der Waals surface area (Å²) in [5, 5.41) is 3.10. The van der Waals surface area contributed by atoms with Gasteiger partial charge in [0.1, 0.15) is 0 Å². The van der Waals surface area contributed by atoms with Gasteiger partial charge in [0.25, 0.3) is 0 Å². The van der Waals surface area contributed by atoms with E-state index in [9.17, 15) is 8.42 Å². The van der Waals surface area contributed by atoms with E-state index in [1.54, 1.807) is 18.2 Å². The molecule has 0 saturated heterocycles. The van der Waals surface area contributed by atoms with Gasteiger partial charge in [-0.25, -0.2) is 13.1 Å². The van der Waals surface area contributed by atoms with Crippen LogP contribution in [0.5, 0.6) is 0 Å². The highest BCUT2D eigenvalue weighted by molar-refractivity contribution is 7.89. The van der Waals surface area contributed by atoms with Crippen LogP contribution in [-0.4, -0.2) is 21.5 Å². The molecule has 0 bridgehead atoms. The Balaban J connectivity index is 3.02. The van der Waals surface area contributed by atoms with Crippen LogP contribution in [0.15, 0.2) is 29.2 Å². The Labute approximate surface area is 110 Å². The van der Waals surface area contributed by atoms with E-state index < -0.39 is 10.0 Å². The third-order valence-corrected chi connectivity index (χ3v) is 4.66. The minimum Gasteiger partial charge on any atom is -0.313 e. The highest BCUT2D eigenvalue weighted by Gasteiger charge is 2.17. The van der Waals surface area contributed by atoms with Crippen LogP contribution in [0.3, 0.4) is 0 Å². The monoisotopic (exact) mass is 270 g/mol. The molecule has 102 valence electrons. The van der Waals surface area contributed by atoms with Crippen molar-refractivity contribution < 1.29 is 8.42 Å². The second kappa shape index (κ2) is 6.31. The van der Waals surface area contributed by atoms with E-state index >= 15 is 0 Å². The molecule has 0 saturated carbocycles. The van der Waals surface area contributed by atoms with Gasteiger partial charge in [-0.3, -0.25) is 0 Å². The highest BCUT2D eigenvalue weighted by atomic mass is 32.2. The molecule has 0 spiro atoms. The molecule has 4 nitrogen and oxygen atoms in total. The Bertz CT molecular complexity index is 486. The zero-order valence-electron chi connectivity index (χ0n) is 11.4. The number of hydrogen-bond acceptors (Lipinski definition) is 3. The predicted molar refractivity (Wildman–Crippen MR) is 74.0 cm³/mol. The summed E-state index contributed by atoms with van der Waals surface area (Å²) in [6, 6.07) is 7.10. The van der Waals surface area contributed by atoms with Crippen molar-refractivity contribution in [3.05, 3.63) is 29.8 Å². The Hall–Kier alpha value is -0.910. The lowest BCUT2D eigenvalue weighted by atomic mass is 10.1. The molecule has 0 fully saturated rings. The van der Waals surface area contributed by atoms with Crippen molar-refractivity contribution >= 4 is 10.0 Å². The number of benzene rings is 1. The summed E-state index contributed by atoms with van der Waals surface area (Å²) in [6.07, 6.45) is 0.770. The molecule has 1 aromatic rings. The predicted octanol–water partition coefficient (Wildman–Crippen LogP) is 2.04. The fourth-order valence-electron chi connectivity index (χ4n) is 1.53. The Morgan fingerprint density at radius 2 is 1.94 bits per heavy atom. The molecular weight excluding hydrogens is 248 g/mol. The van der Waals surface area contributed by atoms with E-state index in [-0.39, 0.29) is 12.1 Å². The Morgan fingerprint density at radius 1 is 1.28 bits per heavy atom. The normalized spacial score (nSPS) is 15.3. The number of rotatable bonds is 6. The highest BCUT2D eigenvalue weighted by Crippen LogP contribution is 2.17. The van der Waals surface area contributed by atoms with Crippen LogP contribution in [0.4, 0.5) is 0 Å². The largest absolute Gasteiger partial charge is 0.313 e. The second-order valence-electron chi connectivity index (χ2n) is 4.51. The summed E-state index contributed by atoms with van der Waals surface area (Å²) < 4.78 is 26.9. The summed E-state index contributed by atoms with van der Waals surface area (Å²) in [4.78, 5) is 0.322. The standard InChI is InChI=1S/C13H22N2O2S/c1-5-10(2)15-18(16,17)13-8-6-7-12(9-13)11(3)14-4/h6-11,14-15H,5H2,1-4H3.